The van der Waals surface area contributed by atoms with E-state index in [1.165, 1.54) is 17.2 Å². The standard InChI is InChI=1S/C28H24N2O7/c1-16(2)37-28(34)18-6-5-7-19(14-18)30-24(20-8-3-4-11-29-20)23(26(32)27(30)33)25(31)17-9-10-21-22(15-17)36-13-12-35-21/h3-11,14-16,24,31H,12-13H2,1-2H3/b25-23-. The molecule has 1 fully saturated rings. The van der Waals surface area contributed by atoms with Gasteiger partial charge in [0, 0.05) is 17.4 Å². The van der Waals surface area contributed by atoms with E-state index in [0.717, 1.165) is 0 Å². The van der Waals surface area contributed by atoms with Crippen LogP contribution in [0, 0.1) is 0 Å². The Hall–Kier alpha value is -4.66. The molecule has 37 heavy (non-hydrogen) atoms. The number of fused-ring (bicyclic) bond motifs is 1. The molecule has 2 aromatic carbocycles. The Morgan fingerprint density at radius 1 is 1.00 bits per heavy atom. The average Bonchev–Trinajstić information content (AvgIpc) is 3.18. The van der Waals surface area contributed by atoms with Crippen LogP contribution in [-0.4, -0.2) is 47.1 Å². The van der Waals surface area contributed by atoms with E-state index >= 15 is 0 Å². The lowest BCUT2D eigenvalue weighted by atomic mass is 9.98. The van der Waals surface area contributed by atoms with Gasteiger partial charge in [-0.2, -0.15) is 0 Å². The molecule has 9 heteroatoms. The van der Waals surface area contributed by atoms with Crippen molar-refractivity contribution in [1.82, 2.24) is 4.98 Å². The molecule has 1 unspecified atom stereocenters. The lowest BCUT2D eigenvalue weighted by molar-refractivity contribution is -0.132. The maximum atomic E-state index is 13.4. The number of ketones is 1. The number of aliphatic hydroxyl groups is 1. The van der Waals surface area contributed by atoms with Crippen LogP contribution in [0.3, 0.4) is 0 Å². The Bertz CT molecular complexity index is 1420. The number of Topliss-reactive ketones (excluding diaryl/α,β-unsaturated/α-hetero) is 1. The zero-order valence-corrected chi connectivity index (χ0v) is 20.2. The molecule has 0 radical (unpaired) electrons. The summed E-state index contributed by atoms with van der Waals surface area (Å²) >= 11 is 0. The number of nitrogens with zero attached hydrogens (tertiary/aromatic N) is 2. The number of carbonyl (C=O) groups is 3. The fraction of sp³-hybridized carbons (Fsp3) is 0.214. The van der Waals surface area contributed by atoms with Crippen molar-refractivity contribution >= 4 is 29.1 Å². The minimum absolute atomic E-state index is 0.129. The van der Waals surface area contributed by atoms with Crippen LogP contribution in [0.4, 0.5) is 5.69 Å². The molecule has 2 aliphatic rings. The van der Waals surface area contributed by atoms with Crippen molar-refractivity contribution in [2.75, 3.05) is 18.1 Å². The third kappa shape index (κ3) is 4.51. The number of carbonyl (C=O) groups excluding carboxylic acids is 3. The van der Waals surface area contributed by atoms with Gasteiger partial charge in [0.25, 0.3) is 11.7 Å². The minimum atomic E-state index is -1.04. The second-order valence-corrected chi connectivity index (χ2v) is 8.79. The van der Waals surface area contributed by atoms with Crippen LogP contribution >= 0.6 is 0 Å². The third-order valence-electron chi connectivity index (χ3n) is 5.93. The van der Waals surface area contributed by atoms with E-state index in [1.807, 2.05) is 0 Å². The molecule has 0 saturated carbocycles. The van der Waals surface area contributed by atoms with Crippen LogP contribution in [0.15, 0.2) is 72.4 Å². The maximum Gasteiger partial charge on any atom is 0.338 e. The molecule has 0 aliphatic carbocycles. The van der Waals surface area contributed by atoms with Gasteiger partial charge < -0.3 is 19.3 Å². The molecule has 188 valence electrons. The molecule has 1 saturated heterocycles. The Kier molecular flexibility index (Phi) is 6.35. The number of benzene rings is 2. The highest BCUT2D eigenvalue weighted by atomic mass is 16.6. The summed E-state index contributed by atoms with van der Waals surface area (Å²) in [6, 6.07) is 15.1. The minimum Gasteiger partial charge on any atom is -0.507 e. The SMILES string of the molecule is CC(C)OC(=O)c1cccc(N2C(=O)C(=O)/C(=C(\O)c3ccc4c(c3)OCCO4)C2c2ccccn2)c1. The first-order chi connectivity index (χ1) is 17.8. The summed E-state index contributed by atoms with van der Waals surface area (Å²) < 4.78 is 16.4. The molecule has 3 aromatic rings. The van der Waals surface area contributed by atoms with Gasteiger partial charge in [0.05, 0.1) is 22.9 Å². The van der Waals surface area contributed by atoms with Gasteiger partial charge in [-0.1, -0.05) is 12.1 Å². The summed E-state index contributed by atoms with van der Waals surface area (Å²) in [4.78, 5) is 44.9. The summed E-state index contributed by atoms with van der Waals surface area (Å²) in [5.41, 5.74) is 1.04. The van der Waals surface area contributed by atoms with E-state index in [1.54, 1.807) is 68.4 Å². The van der Waals surface area contributed by atoms with E-state index in [-0.39, 0.29) is 34.3 Å². The number of aromatic nitrogens is 1. The van der Waals surface area contributed by atoms with Gasteiger partial charge in [-0.05, 0) is 62.4 Å². The van der Waals surface area contributed by atoms with Crippen molar-refractivity contribution in [3.8, 4) is 11.5 Å². The van der Waals surface area contributed by atoms with Crippen LogP contribution in [0.5, 0.6) is 11.5 Å². The summed E-state index contributed by atoms with van der Waals surface area (Å²) in [6.07, 6.45) is 1.21. The third-order valence-corrected chi connectivity index (χ3v) is 5.93. The predicted octanol–water partition coefficient (Wildman–Crippen LogP) is 4.04. The van der Waals surface area contributed by atoms with Crippen molar-refractivity contribution in [2.45, 2.75) is 26.0 Å². The average molecular weight is 501 g/mol. The highest BCUT2D eigenvalue weighted by Crippen LogP contribution is 2.42. The summed E-state index contributed by atoms with van der Waals surface area (Å²) in [6.45, 7) is 4.23. The Morgan fingerprint density at radius 2 is 1.78 bits per heavy atom. The number of aliphatic hydroxyl groups excluding tert-OH is 1. The number of ether oxygens (including phenoxy) is 3. The monoisotopic (exact) mass is 500 g/mol. The quantitative estimate of drug-likeness (QED) is 0.242. The number of pyridine rings is 1. The van der Waals surface area contributed by atoms with Crippen molar-refractivity contribution in [3.63, 3.8) is 0 Å². The van der Waals surface area contributed by atoms with Crippen molar-refractivity contribution in [1.29, 1.82) is 0 Å². The molecular weight excluding hydrogens is 476 g/mol. The molecule has 2 aliphatic heterocycles. The molecule has 3 heterocycles. The zero-order chi connectivity index (χ0) is 26.1. The van der Waals surface area contributed by atoms with E-state index in [4.69, 9.17) is 14.2 Å². The number of hydrogen-bond acceptors (Lipinski definition) is 8. The Balaban J connectivity index is 1.64. The van der Waals surface area contributed by atoms with Gasteiger partial charge in [0.1, 0.15) is 25.0 Å². The van der Waals surface area contributed by atoms with E-state index in [0.29, 0.717) is 30.4 Å². The van der Waals surface area contributed by atoms with E-state index in [9.17, 15) is 19.5 Å². The van der Waals surface area contributed by atoms with Gasteiger partial charge in [-0.3, -0.25) is 19.5 Å². The van der Waals surface area contributed by atoms with Gasteiger partial charge in [0.2, 0.25) is 0 Å². The number of anilines is 1. The first-order valence-corrected chi connectivity index (χ1v) is 11.8. The second-order valence-electron chi connectivity index (χ2n) is 8.79. The second kappa shape index (κ2) is 9.77. The lowest BCUT2D eigenvalue weighted by Gasteiger charge is -2.25. The van der Waals surface area contributed by atoms with E-state index in [2.05, 4.69) is 4.98 Å². The first kappa shape index (κ1) is 24.1. The molecule has 1 atom stereocenters. The van der Waals surface area contributed by atoms with Crippen molar-refractivity contribution < 1.29 is 33.7 Å². The number of rotatable bonds is 5. The Labute approximate surface area is 212 Å². The predicted molar refractivity (Wildman–Crippen MR) is 133 cm³/mol. The summed E-state index contributed by atoms with van der Waals surface area (Å²) in [5.74, 6) is -1.71. The van der Waals surface area contributed by atoms with Crippen LogP contribution in [0.25, 0.3) is 5.76 Å². The van der Waals surface area contributed by atoms with E-state index < -0.39 is 23.7 Å². The molecular formula is C28H24N2O7. The van der Waals surface area contributed by atoms with Crippen LogP contribution in [0.1, 0.15) is 41.5 Å². The number of hydrogen-bond donors (Lipinski definition) is 1. The zero-order valence-electron chi connectivity index (χ0n) is 20.2. The summed E-state index contributed by atoms with van der Waals surface area (Å²) in [5, 5.41) is 11.3. The highest BCUT2D eigenvalue weighted by molar-refractivity contribution is 6.51. The highest BCUT2D eigenvalue weighted by Gasteiger charge is 2.47. The van der Waals surface area contributed by atoms with Gasteiger partial charge in [-0.15, -0.1) is 0 Å². The first-order valence-electron chi connectivity index (χ1n) is 11.8. The molecule has 5 rings (SSSR count). The number of amides is 1. The normalized spacial score (nSPS) is 18.2. The van der Waals surface area contributed by atoms with Gasteiger partial charge >= 0.3 is 5.97 Å². The molecule has 1 N–H and O–H groups in total. The lowest BCUT2D eigenvalue weighted by Crippen LogP contribution is -2.30. The van der Waals surface area contributed by atoms with Crippen LogP contribution in [0.2, 0.25) is 0 Å². The molecule has 0 spiro atoms. The van der Waals surface area contributed by atoms with Gasteiger partial charge in [0.15, 0.2) is 11.5 Å². The molecule has 0 bridgehead atoms. The largest absolute Gasteiger partial charge is 0.507 e. The molecule has 1 amide bonds. The van der Waals surface area contributed by atoms with Crippen molar-refractivity contribution in [2.24, 2.45) is 0 Å². The van der Waals surface area contributed by atoms with Gasteiger partial charge in [-0.25, -0.2) is 4.79 Å². The molecule has 1 aromatic heterocycles. The van der Waals surface area contributed by atoms with Crippen LogP contribution in [-0.2, 0) is 14.3 Å². The Morgan fingerprint density at radius 3 is 2.51 bits per heavy atom. The summed E-state index contributed by atoms with van der Waals surface area (Å²) in [7, 11) is 0. The van der Waals surface area contributed by atoms with Crippen molar-refractivity contribution in [3.05, 3.63) is 89.3 Å². The van der Waals surface area contributed by atoms with Crippen LogP contribution < -0.4 is 14.4 Å². The topological polar surface area (TPSA) is 115 Å². The molecule has 9 nitrogen and oxygen atoms in total. The number of esters is 1. The fourth-order valence-corrected chi connectivity index (χ4v) is 4.33. The fourth-order valence-electron chi connectivity index (χ4n) is 4.33. The smallest absolute Gasteiger partial charge is 0.338 e. The maximum absolute atomic E-state index is 13.4.